The van der Waals surface area contributed by atoms with Gasteiger partial charge < -0.3 is 5.32 Å². The third kappa shape index (κ3) is 4.27. The number of Topliss-reactive ketones (excluding diaryl/α,β-unsaturated/α-hetero) is 1. The van der Waals surface area contributed by atoms with Crippen molar-refractivity contribution in [3.63, 3.8) is 0 Å². The van der Waals surface area contributed by atoms with Crippen molar-refractivity contribution in [2.45, 2.75) is 44.7 Å². The van der Waals surface area contributed by atoms with E-state index in [1.54, 1.807) is 36.4 Å². The third-order valence-electron chi connectivity index (χ3n) is 6.56. The van der Waals surface area contributed by atoms with Gasteiger partial charge in [0.15, 0.2) is 5.78 Å². The lowest BCUT2D eigenvalue weighted by molar-refractivity contribution is 0.0926. The third-order valence-corrected chi connectivity index (χ3v) is 6.81. The Kier molecular flexibility index (Phi) is 6.02. The number of aromatic nitrogens is 4. The van der Waals surface area contributed by atoms with Gasteiger partial charge in [0.05, 0.1) is 10.9 Å². The summed E-state index contributed by atoms with van der Waals surface area (Å²) in [5, 5.41) is 8.09. The first kappa shape index (κ1) is 23.0. The molecule has 2 heterocycles. The summed E-state index contributed by atoms with van der Waals surface area (Å²) in [6, 6.07) is 11.2. The number of hydrogen-bond acceptors (Lipinski definition) is 5. The van der Waals surface area contributed by atoms with Crippen LogP contribution in [0.1, 0.15) is 52.8 Å². The summed E-state index contributed by atoms with van der Waals surface area (Å²) in [5.74, 6) is -0.485. The van der Waals surface area contributed by atoms with Crippen LogP contribution >= 0.6 is 11.6 Å². The topological polar surface area (TPSA) is 107 Å². The second-order valence-corrected chi connectivity index (χ2v) is 9.35. The monoisotopic (exact) mass is 493 g/mol. The lowest BCUT2D eigenvalue weighted by atomic mass is 9.95. The number of ketones is 1. The van der Waals surface area contributed by atoms with Crippen LogP contribution in [0.4, 0.5) is 0 Å². The minimum Gasteiger partial charge on any atom is -0.349 e. The Hall–Kier alpha value is -3.72. The summed E-state index contributed by atoms with van der Waals surface area (Å²) in [7, 11) is 1.51. The summed E-state index contributed by atoms with van der Waals surface area (Å²) >= 11 is 5.89. The van der Waals surface area contributed by atoms with Crippen molar-refractivity contribution in [2.24, 2.45) is 7.05 Å². The summed E-state index contributed by atoms with van der Waals surface area (Å²) < 4.78 is 3.55. The highest BCUT2D eigenvalue weighted by Gasteiger charge is 2.21. The number of halogens is 1. The number of amides is 1. The van der Waals surface area contributed by atoms with Crippen LogP contribution in [0.15, 0.2) is 52.1 Å². The van der Waals surface area contributed by atoms with Crippen LogP contribution in [0.25, 0.3) is 16.7 Å². The quantitative estimate of drug-likeness (QED) is 0.430. The van der Waals surface area contributed by atoms with E-state index >= 15 is 0 Å². The maximum absolute atomic E-state index is 13.3. The maximum Gasteiger partial charge on any atom is 0.352 e. The first-order chi connectivity index (χ1) is 16.8. The van der Waals surface area contributed by atoms with Crippen LogP contribution in [0.3, 0.4) is 0 Å². The molecule has 1 aliphatic carbocycles. The first-order valence-electron chi connectivity index (χ1n) is 11.6. The molecule has 0 saturated heterocycles. The molecule has 0 bridgehead atoms. The molecule has 1 aliphatic rings. The van der Waals surface area contributed by atoms with Crippen molar-refractivity contribution in [2.75, 3.05) is 0 Å². The number of rotatable bonds is 5. The van der Waals surface area contributed by atoms with Crippen molar-refractivity contribution in [3.05, 3.63) is 79.5 Å². The molecule has 35 heavy (non-hydrogen) atoms. The van der Waals surface area contributed by atoms with Gasteiger partial charge in [-0.05, 0) is 55.3 Å². The average Bonchev–Trinajstić information content (AvgIpc) is 3.19. The summed E-state index contributed by atoms with van der Waals surface area (Å²) in [5.41, 5.74) is 0.0866. The van der Waals surface area contributed by atoms with E-state index in [0.29, 0.717) is 16.1 Å². The molecular formula is C25H24ClN5O4. The van der Waals surface area contributed by atoms with Crippen LogP contribution < -0.4 is 16.6 Å². The lowest BCUT2D eigenvalue weighted by Gasteiger charge is -2.22. The Morgan fingerprint density at radius 2 is 1.71 bits per heavy atom. The smallest absolute Gasteiger partial charge is 0.349 e. The normalized spacial score (nSPS) is 14.5. The van der Waals surface area contributed by atoms with Gasteiger partial charge in [-0.15, -0.1) is 5.10 Å². The molecule has 2 aromatic carbocycles. The lowest BCUT2D eigenvalue weighted by Crippen LogP contribution is -2.36. The van der Waals surface area contributed by atoms with Gasteiger partial charge >= 0.3 is 5.69 Å². The van der Waals surface area contributed by atoms with Crippen molar-refractivity contribution in [3.8, 4) is 0 Å². The zero-order chi connectivity index (χ0) is 24.7. The number of benzene rings is 2. The van der Waals surface area contributed by atoms with Crippen molar-refractivity contribution in [1.82, 2.24) is 24.1 Å². The molecule has 1 N–H and O–H groups in total. The van der Waals surface area contributed by atoms with Crippen LogP contribution in [0, 0.1) is 0 Å². The minimum atomic E-state index is -0.576. The Labute approximate surface area is 204 Å². The molecule has 180 valence electrons. The molecule has 5 rings (SSSR count). The van der Waals surface area contributed by atoms with Gasteiger partial charge in [0, 0.05) is 29.2 Å². The number of nitrogens with zero attached hydrogens (tertiary/aromatic N) is 4. The van der Waals surface area contributed by atoms with Crippen LogP contribution in [-0.4, -0.2) is 36.5 Å². The molecule has 0 spiro atoms. The van der Waals surface area contributed by atoms with Gasteiger partial charge in [-0.2, -0.15) is 0 Å². The minimum absolute atomic E-state index is 0.0845. The Balaban J connectivity index is 1.56. The van der Waals surface area contributed by atoms with Gasteiger partial charge in [0.1, 0.15) is 6.54 Å². The zero-order valence-corrected chi connectivity index (χ0v) is 19.9. The maximum atomic E-state index is 13.3. The van der Waals surface area contributed by atoms with Crippen molar-refractivity contribution >= 4 is 40.0 Å². The standard InChI is InChI=1S/C25H24ClN5O4/c1-29-23(34)19-12-9-16(22(33)27-18-5-3-2-4-6-18)13-20(19)31-24(29)28-30(25(31)35)14-21(32)15-7-10-17(26)11-8-15/h7-13,18H,2-6,14H2,1H3,(H,27,33). The van der Waals surface area contributed by atoms with Crippen molar-refractivity contribution < 1.29 is 9.59 Å². The van der Waals surface area contributed by atoms with E-state index in [9.17, 15) is 19.2 Å². The second kappa shape index (κ2) is 9.14. The molecule has 2 aromatic heterocycles. The van der Waals surface area contributed by atoms with Crippen LogP contribution in [0.5, 0.6) is 0 Å². The number of carbonyl (C=O) groups excluding carboxylic acids is 2. The molecule has 0 atom stereocenters. The van der Waals surface area contributed by atoms with Crippen LogP contribution in [-0.2, 0) is 13.6 Å². The van der Waals surface area contributed by atoms with E-state index in [1.807, 2.05) is 0 Å². The fourth-order valence-electron chi connectivity index (χ4n) is 4.62. The largest absolute Gasteiger partial charge is 0.352 e. The molecule has 9 nitrogen and oxygen atoms in total. The zero-order valence-electron chi connectivity index (χ0n) is 19.2. The van der Waals surface area contributed by atoms with Gasteiger partial charge in [-0.25, -0.2) is 13.9 Å². The summed E-state index contributed by atoms with van der Waals surface area (Å²) in [4.78, 5) is 51.9. The number of aryl methyl sites for hydroxylation is 1. The molecule has 4 aromatic rings. The van der Waals surface area contributed by atoms with Gasteiger partial charge in [0.2, 0.25) is 5.78 Å². The van der Waals surface area contributed by atoms with Gasteiger partial charge in [0.25, 0.3) is 11.5 Å². The van der Waals surface area contributed by atoms with E-state index in [-0.39, 0.29) is 46.5 Å². The number of nitrogens with one attached hydrogen (secondary N) is 1. The number of hydrogen-bond donors (Lipinski definition) is 1. The highest BCUT2D eigenvalue weighted by atomic mass is 35.5. The molecule has 1 fully saturated rings. The molecule has 1 saturated carbocycles. The molecule has 0 radical (unpaired) electrons. The van der Waals surface area contributed by atoms with E-state index < -0.39 is 5.69 Å². The Morgan fingerprint density at radius 3 is 2.43 bits per heavy atom. The first-order valence-corrected chi connectivity index (χ1v) is 11.9. The molecule has 10 heteroatoms. The van der Waals surface area contributed by atoms with E-state index in [2.05, 4.69) is 10.4 Å². The second-order valence-electron chi connectivity index (χ2n) is 8.91. The predicted molar refractivity (Wildman–Crippen MR) is 132 cm³/mol. The molecular weight excluding hydrogens is 470 g/mol. The van der Waals surface area contributed by atoms with E-state index in [1.165, 1.54) is 28.5 Å². The SMILES string of the molecule is Cn1c(=O)c2ccc(C(=O)NC3CCCCC3)cc2n2c(=O)n(CC(=O)c3ccc(Cl)cc3)nc12. The fourth-order valence-corrected chi connectivity index (χ4v) is 4.74. The Morgan fingerprint density at radius 1 is 1.03 bits per heavy atom. The molecule has 0 aliphatic heterocycles. The number of carbonyl (C=O) groups is 2. The average molecular weight is 494 g/mol. The Bertz CT molecular complexity index is 1580. The van der Waals surface area contributed by atoms with Gasteiger partial charge in [-0.1, -0.05) is 30.9 Å². The highest BCUT2D eigenvalue weighted by Crippen LogP contribution is 2.19. The predicted octanol–water partition coefficient (Wildman–Crippen LogP) is 2.95. The van der Waals surface area contributed by atoms with Crippen molar-refractivity contribution in [1.29, 1.82) is 0 Å². The van der Waals surface area contributed by atoms with Gasteiger partial charge in [-0.3, -0.25) is 19.0 Å². The molecule has 0 unspecified atom stereocenters. The fraction of sp³-hybridized carbons (Fsp3) is 0.320. The highest BCUT2D eigenvalue weighted by molar-refractivity contribution is 6.30. The van der Waals surface area contributed by atoms with Crippen LogP contribution in [0.2, 0.25) is 5.02 Å². The van der Waals surface area contributed by atoms with E-state index in [0.717, 1.165) is 30.4 Å². The number of fused-ring (bicyclic) bond motifs is 3. The molecule has 1 amide bonds. The summed E-state index contributed by atoms with van der Waals surface area (Å²) in [6.07, 6.45) is 5.23. The summed E-state index contributed by atoms with van der Waals surface area (Å²) in [6.45, 7) is -0.306. The van der Waals surface area contributed by atoms with E-state index in [4.69, 9.17) is 11.6 Å².